The molecule has 1 aliphatic carbocycles. The van der Waals surface area contributed by atoms with E-state index in [0.717, 1.165) is 12.8 Å². The average molecular weight is 600 g/mol. The van der Waals surface area contributed by atoms with E-state index in [1.165, 1.54) is 4.42 Å². The standard InChI is InChI=1S/C28H38ClN9O4/c1-4-17(5-2)32-25-22-26(37(15-31-22)20-13-19(23(40)24(20)41)33-21(39)6-3)35-28(34-25)36-12-9-18(14-36)38(29)27(42)16-7-10-30-11-8-16/h7-8,10-11,15,17-20,23-24,40-41H,4-6,9,12-14H2,1-3H3,(H,33,39)(H,32,34,35)/t18-,19+,20-,23-,24+/m1/s1. The van der Waals surface area contributed by atoms with Crippen molar-refractivity contribution in [2.45, 2.75) is 89.3 Å². The summed E-state index contributed by atoms with van der Waals surface area (Å²) in [5.74, 6) is 0.536. The molecule has 4 N–H and O–H groups in total. The van der Waals surface area contributed by atoms with E-state index in [4.69, 9.17) is 21.7 Å². The van der Waals surface area contributed by atoms with Crippen LogP contribution in [0, 0.1) is 0 Å². The van der Waals surface area contributed by atoms with Gasteiger partial charge in [0.1, 0.15) is 12.2 Å². The maximum Gasteiger partial charge on any atom is 0.268 e. The van der Waals surface area contributed by atoms with Gasteiger partial charge in [0.25, 0.3) is 5.91 Å². The van der Waals surface area contributed by atoms with Crippen LogP contribution >= 0.6 is 11.8 Å². The maximum atomic E-state index is 12.9. The molecule has 0 spiro atoms. The second kappa shape index (κ2) is 12.8. The van der Waals surface area contributed by atoms with Crippen LogP contribution in [0.1, 0.15) is 69.3 Å². The molecular formula is C28H38ClN9O4. The number of amides is 2. The highest BCUT2D eigenvalue weighted by molar-refractivity contribution is 6.24. The SMILES string of the molecule is CCC(=O)N[C@H]1C[C@@H](n2cnc3c(NC(CC)CC)nc(N4CC[C@@H](N(Cl)C(=O)c5ccncc5)C4)nc32)[C@H](O)[C@@H]1O. The lowest BCUT2D eigenvalue weighted by Gasteiger charge is -2.23. The van der Waals surface area contributed by atoms with Crippen LogP contribution in [0.25, 0.3) is 11.2 Å². The first-order chi connectivity index (χ1) is 20.2. The minimum atomic E-state index is -1.13. The number of imidazole rings is 1. The van der Waals surface area contributed by atoms with E-state index in [9.17, 15) is 19.8 Å². The monoisotopic (exact) mass is 599 g/mol. The van der Waals surface area contributed by atoms with Gasteiger partial charge in [0.15, 0.2) is 17.0 Å². The second-order valence-corrected chi connectivity index (χ2v) is 11.3. The molecule has 2 amide bonds. The number of carbonyl (C=O) groups excluding carboxylic acids is 2. The molecule has 2 aliphatic rings. The van der Waals surface area contributed by atoms with Crippen molar-refractivity contribution in [1.29, 1.82) is 0 Å². The normalized spacial score (nSPS) is 24.0. The molecule has 0 aromatic carbocycles. The molecule has 42 heavy (non-hydrogen) atoms. The highest BCUT2D eigenvalue weighted by atomic mass is 35.5. The van der Waals surface area contributed by atoms with E-state index in [1.54, 1.807) is 42.3 Å². The molecule has 226 valence electrons. The van der Waals surface area contributed by atoms with Crippen molar-refractivity contribution in [3.8, 4) is 0 Å². The Morgan fingerprint density at radius 3 is 2.57 bits per heavy atom. The molecule has 3 aromatic heterocycles. The number of aromatic nitrogens is 5. The fraction of sp³-hybridized carbons (Fsp3) is 0.571. The van der Waals surface area contributed by atoms with Gasteiger partial charge in [-0.2, -0.15) is 9.97 Å². The van der Waals surface area contributed by atoms with Gasteiger partial charge in [0.05, 0.1) is 24.5 Å². The van der Waals surface area contributed by atoms with Gasteiger partial charge >= 0.3 is 0 Å². The van der Waals surface area contributed by atoms with Gasteiger partial charge in [-0.3, -0.25) is 14.6 Å². The Morgan fingerprint density at radius 2 is 1.88 bits per heavy atom. The summed E-state index contributed by atoms with van der Waals surface area (Å²) in [6.07, 6.45) is 5.46. The number of anilines is 2. The van der Waals surface area contributed by atoms with Gasteiger partial charge < -0.3 is 30.3 Å². The first kappa shape index (κ1) is 29.9. The minimum absolute atomic E-state index is 0.163. The van der Waals surface area contributed by atoms with Crippen molar-refractivity contribution < 1.29 is 19.8 Å². The Hall–Kier alpha value is -3.55. The molecule has 5 atom stereocenters. The van der Waals surface area contributed by atoms with Crippen LogP contribution < -0.4 is 15.5 Å². The van der Waals surface area contributed by atoms with E-state index in [1.807, 2.05) is 4.90 Å². The van der Waals surface area contributed by atoms with Gasteiger partial charge in [0.2, 0.25) is 11.9 Å². The average Bonchev–Trinajstić information content (AvgIpc) is 3.74. The molecule has 4 heterocycles. The van der Waals surface area contributed by atoms with Crippen LogP contribution in [0.4, 0.5) is 11.8 Å². The number of aliphatic hydroxyl groups excluding tert-OH is 2. The van der Waals surface area contributed by atoms with Crippen molar-refractivity contribution in [1.82, 2.24) is 34.2 Å². The number of halogens is 1. The summed E-state index contributed by atoms with van der Waals surface area (Å²) in [5.41, 5.74) is 1.52. The highest BCUT2D eigenvalue weighted by Crippen LogP contribution is 2.35. The molecule has 0 bridgehead atoms. The van der Waals surface area contributed by atoms with E-state index in [0.29, 0.717) is 54.4 Å². The largest absolute Gasteiger partial charge is 0.388 e. The van der Waals surface area contributed by atoms with Crippen molar-refractivity contribution in [2.75, 3.05) is 23.3 Å². The predicted octanol–water partition coefficient (Wildman–Crippen LogP) is 2.26. The fourth-order valence-electron chi connectivity index (χ4n) is 5.70. The highest BCUT2D eigenvalue weighted by Gasteiger charge is 2.44. The predicted molar refractivity (Wildman–Crippen MR) is 158 cm³/mol. The van der Waals surface area contributed by atoms with E-state index < -0.39 is 24.3 Å². The molecule has 1 saturated heterocycles. The Kier molecular flexibility index (Phi) is 9.09. The number of rotatable bonds is 10. The van der Waals surface area contributed by atoms with Gasteiger partial charge in [-0.15, -0.1) is 0 Å². The molecule has 2 fully saturated rings. The zero-order chi connectivity index (χ0) is 30.0. The lowest BCUT2D eigenvalue weighted by Crippen LogP contribution is -2.42. The van der Waals surface area contributed by atoms with Gasteiger partial charge in [0, 0.05) is 55.3 Å². The Labute approximate surface area is 249 Å². The number of hydrogen-bond donors (Lipinski definition) is 4. The smallest absolute Gasteiger partial charge is 0.268 e. The molecule has 13 nitrogen and oxygen atoms in total. The number of pyridine rings is 1. The number of aliphatic hydroxyl groups is 2. The van der Waals surface area contributed by atoms with Crippen molar-refractivity contribution in [3.05, 3.63) is 36.4 Å². The van der Waals surface area contributed by atoms with Crippen LogP contribution in [-0.4, -0.2) is 94.4 Å². The van der Waals surface area contributed by atoms with Gasteiger partial charge in [-0.05, 0) is 37.8 Å². The Bertz CT molecular complexity index is 1400. The Morgan fingerprint density at radius 1 is 1.14 bits per heavy atom. The lowest BCUT2D eigenvalue weighted by molar-refractivity contribution is -0.122. The second-order valence-electron chi connectivity index (χ2n) is 10.9. The summed E-state index contributed by atoms with van der Waals surface area (Å²) in [4.78, 5) is 45.3. The van der Waals surface area contributed by atoms with Crippen molar-refractivity contribution in [2.24, 2.45) is 0 Å². The van der Waals surface area contributed by atoms with Gasteiger partial charge in [-0.25, -0.2) is 9.40 Å². The lowest BCUT2D eigenvalue weighted by atomic mass is 10.2. The number of hydrogen-bond acceptors (Lipinski definition) is 10. The third-order valence-electron chi connectivity index (χ3n) is 8.30. The molecule has 5 rings (SSSR count). The topological polar surface area (TPSA) is 162 Å². The van der Waals surface area contributed by atoms with E-state index in [2.05, 4.69) is 34.4 Å². The fourth-order valence-corrected chi connectivity index (χ4v) is 5.96. The van der Waals surface area contributed by atoms with Crippen molar-refractivity contribution in [3.63, 3.8) is 0 Å². The summed E-state index contributed by atoms with van der Waals surface area (Å²) in [6, 6.07) is 2.01. The molecule has 0 radical (unpaired) electrons. The molecule has 1 aliphatic heterocycles. The zero-order valence-electron chi connectivity index (χ0n) is 24.0. The van der Waals surface area contributed by atoms with Crippen LogP contribution in [0.5, 0.6) is 0 Å². The van der Waals surface area contributed by atoms with Gasteiger partial charge in [-0.1, -0.05) is 20.8 Å². The quantitative estimate of drug-likeness (QED) is 0.254. The van der Waals surface area contributed by atoms with Crippen LogP contribution in [0.15, 0.2) is 30.9 Å². The molecule has 1 saturated carbocycles. The number of nitrogens with one attached hydrogen (secondary N) is 2. The van der Waals surface area contributed by atoms with Crippen LogP contribution in [0.3, 0.4) is 0 Å². The Balaban J connectivity index is 1.45. The first-order valence-corrected chi connectivity index (χ1v) is 14.9. The summed E-state index contributed by atoms with van der Waals surface area (Å²) in [5, 5.41) is 28.0. The summed E-state index contributed by atoms with van der Waals surface area (Å²) < 4.78 is 3.00. The molecule has 14 heteroatoms. The number of carbonyl (C=O) groups is 2. The third kappa shape index (κ3) is 5.86. The van der Waals surface area contributed by atoms with Crippen LogP contribution in [-0.2, 0) is 4.79 Å². The molecular weight excluding hydrogens is 562 g/mol. The van der Waals surface area contributed by atoms with Crippen molar-refractivity contribution >= 4 is 46.5 Å². The third-order valence-corrected chi connectivity index (χ3v) is 8.73. The summed E-state index contributed by atoms with van der Waals surface area (Å²) >= 11 is 6.53. The van der Waals surface area contributed by atoms with Crippen LogP contribution in [0.2, 0.25) is 0 Å². The molecule has 0 unspecified atom stereocenters. The first-order valence-electron chi connectivity index (χ1n) is 14.6. The minimum Gasteiger partial charge on any atom is -0.388 e. The summed E-state index contributed by atoms with van der Waals surface area (Å²) in [6.45, 7) is 6.94. The zero-order valence-corrected chi connectivity index (χ0v) is 24.8. The summed E-state index contributed by atoms with van der Waals surface area (Å²) in [7, 11) is 0. The maximum absolute atomic E-state index is 12.9. The van der Waals surface area contributed by atoms with E-state index in [-0.39, 0.29) is 30.3 Å². The number of nitrogens with zero attached hydrogens (tertiary/aromatic N) is 7. The molecule has 3 aromatic rings. The van der Waals surface area contributed by atoms with E-state index >= 15 is 0 Å². The number of fused-ring (bicyclic) bond motifs is 1.